The molecule has 0 heterocycles. The molecule has 0 bridgehead atoms. The number of amides is 1. The minimum absolute atomic E-state index is 0.0523. The zero-order chi connectivity index (χ0) is 12.8. The molecule has 0 saturated carbocycles. The summed E-state index contributed by atoms with van der Waals surface area (Å²) >= 11 is 0. The summed E-state index contributed by atoms with van der Waals surface area (Å²) in [7, 11) is 1.39. The van der Waals surface area contributed by atoms with Crippen molar-refractivity contribution in [1.29, 1.82) is 0 Å². The van der Waals surface area contributed by atoms with Gasteiger partial charge >= 0.3 is 5.97 Å². The number of carbonyl (C=O) groups is 2. The topological polar surface area (TPSA) is 87.7 Å². The fourth-order valence-corrected chi connectivity index (χ4v) is 1.20. The van der Waals surface area contributed by atoms with Gasteiger partial charge in [0.2, 0.25) is 5.91 Å². The average molecular weight is 232 g/mol. The lowest BCUT2D eigenvalue weighted by atomic mass is 10.0. The van der Waals surface area contributed by atoms with Crippen LogP contribution in [-0.4, -0.2) is 48.8 Å². The molecule has 0 radical (unpaired) electrons. The first kappa shape index (κ1) is 14.9. The van der Waals surface area contributed by atoms with Gasteiger partial charge in [-0.25, -0.2) is 4.79 Å². The number of ether oxygens (including phenoxy) is 1. The molecule has 0 aromatic carbocycles. The van der Waals surface area contributed by atoms with Gasteiger partial charge < -0.3 is 20.5 Å². The van der Waals surface area contributed by atoms with Gasteiger partial charge in [0.1, 0.15) is 0 Å². The summed E-state index contributed by atoms with van der Waals surface area (Å²) < 4.78 is 4.72. The van der Waals surface area contributed by atoms with E-state index in [1.54, 1.807) is 13.8 Å². The predicted octanol–water partition coefficient (Wildman–Crippen LogP) is -0.410. The molecule has 6 nitrogen and oxygen atoms in total. The summed E-state index contributed by atoms with van der Waals surface area (Å²) in [5.74, 6) is -1.47. The summed E-state index contributed by atoms with van der Waals surface area (Å²) in [5, 5.41) is 14.2. The number of carboxylic acid groups (broad SMARTS) is 1. The van der Waals surface area contributed by atoms with Gasteiger partial charge in [-0.1, -0.05) is 6.92 Å². The number of hydrogen-bond acceptors (Lipinski definition) is 4. The highest BCUT2D eigenvalue weighted by Crippen LogP contribution is 2.02. The lowest BCUT2D eigenvalue weighted by Crippen LogP contribution is -2.57. The predicted molar refractivity (Wildman–Crippen MR) is 59.2 cm³/mol. The lowest BCUT2D eigenvalue weighted by molar-refractivity contribution is -0.144. The van der Waals surface area contributed by atoms with Gasteiger partial charge in [0.15, 0.2) is 6.04 Å². The molecule has 0 aliphatic rings. The maximum atomic E-state index is 11.8. The molecule has 1 atom stereocenters. The smallest absolute Gasteiger partial charge is 0.328 e. The van der Waals surface area contributed by atoms with Crippen molar-refractivity contribution in [3.63, 3.8) is 0 Å². The first-order chi connectivity index (χ1) is 7.35. The number of rotatable bonds is 7. The van der Waals surface area contributed by atoms with Gasteiger partial charge in [0, 0.05) is 7.11 Å². The average Bonchev–Trinajstić information content (AvgIpc) is 2.16. The van der Waals surface area contributed by atoms with Crippen LogP contribution in [0.25, 0.3) is 0 Å². The fourth-order valence-electron chi connectivity index (χ4n) is 1.20. The van der Waals surface area contributed by atoms with Crippen LogP contribution in [0.1, 0.15) is 20.8 Å². The van der Waals surface area contributed by atoms with E-state index >= 15 is 0 Å². The van der Waals surface area contributed by atoms with Crippen LogP contribution in [0.3, 0.4) is 0 Å². The summed E-state index contributed by atoms with van der Waals surface area (Å²) in [6.45, 7) is 5.83. The first-order valence-electron chi connectivity index (χ1n) is 5.13. The van der Waals surface area contributed by atoms with Crippen LogP contribution >= 0.6 is 0 Å². The Hall–Kier alpha value is -1.14. The second-order valence-corrected chi connectivity index (χ2v) is 3.97. The quantitative estimate of drug-likeness (QED) is 0.555. The third kappa shape index (κ3) is 4.59. The monoisotopic (exact) mass is 232 g/mol. The van der Waals surface area contributed by atoms with E-state index in [1.807, 2.05) is 6.92 Å². The maximum Gasteiger partial charge on any atom is 0.328 e. The minimum Gasteiger partial charge on any atom is -0.480 e. The molecule has 16 heavy (non-hydrogen) atoms. The lowest BCUT2D eigenvalue weighted by Gasteiger charge is -2.26. The van der Waals surface area contributed by atoms with E-state index in [4.69, 9.17) is 9.84 Å². The van der Waals surface area contributed by atoms with Crippen LogP contribution in [0.5, 0.6) is 0 Å². The van der Waals surface area contributed by atoms with Crippen molar-refractivity contribution < 1.29 is 19.4 Å². The highest BCUT2D eigenvalue weighted by Gasteiger charge is 2.30. The molecule has 0 aromatic heterocycles. The molecule has 0 spiro atoms. The van der Waals surface area contributed by atoms with Crippen molar-refractivity contribution in [3.8, 4) is 0 Å². The van der Waals surface area contributed by atoms with Crippen LogP contribution in [0, 0.1) is 0 Å². The Labute approximate surface area is 95.4 Å². The highest BCUT2D eigenvalue weighted by molar-refractivity contribution is 5.89. The van der Waals surface area contributed by atoms with Crippen molar-refractivity contribution in [2.24, 2.45) is 0 Å². The normalized spacial score (nSPS) is 13.2. The molecule has 1 unspecified atom stereocenters. The molecule has 0 saturated heterocycles. The second kappa shape index (κ2) is 6.44. The van der Waals surface area contributed by atoms with Crippen molar-refractivity contribution in [3.05, 3.63) is 0 Å². The molecular formula is C10H20N2O4. The van der Waals surface area contributed by atoms with Gasteiger partial charge in [-0.05, 0) is 20.4 Å². The van der Waals surface area contributed by atoms with E-state index in [9.17, 15) is 9.59 Å². The van der Waals surface area contributed by atoms with Gasteiger partial charge in [-0.15, -0.1) is 0 Å². The van der Waals surface area contributed by atoms with E-state index in [-0.39, 0.29) is 12.5 Å². The van der Waals surface area contributed by atoms with Crippen LogP contribution in [0.2, 0.25) is 0 Å². The van der Waals surface area contributed by atoms with Crippen LogP contribution in [0.15, 0.2) is 0 Å². The van der Waals surface area contributed by atoms with Crippen molar-refractivity contribution in [1.82, 2.24) is 10.6 Å². The van der Waals surface area contributed by atoms with Gasteiger partial charge in [-0.2, -0.15) is 0 Å². The molecule has 0 rings (SSSR count). The minimum atomic E-state index is -1.11. The molecular weight excluding hydrogens is 212 g/mol. The molecule has 3 N–H and O–H groups in total. The number of methoxy groups -OCH3 is 1. The number of carboxylic acids is 1. The Kier molecular flexibility index (Phi) is 5.98. The Balaban J connectivity index is 4.44. The van der Waals surface area contributed by atoms with Crippen molar-refractivity contribution in [2.75, 3.05) is 20.3 Å². The number of carbonyl (C=O) groups excluding carboxylic acids is 1. The summed E-state index contributed by atoms with van der Waals surface area (Å²) in [6.07, 6.45) is 0. The van der Waals surface area contributed by atoms with Crippen LogP contribution in [-0.2, 0) is 14.3 Å². The number of hydrogen-bond donors (Lipinski definition) is 3. The second-order valence-electron chi connectivity index (χ2n) is 3.97. The fraction of sp³-hybridized carbons (Fsp3) is 0.800. The van der Waals surface area contributed by atoms with Gasteiger partial charge in [-0.3, -0.25) is 4.79 Å². The van der Waals surface area contributed by atoms with Gasteiger partial charge in [0.25, 0.3) is 0 Å². The standard InChI is InChI=1S/C10H20N2O4/c1-5-11-10(2,3)9(15)12-7(6-16-4)8(13)14/h7,11H,5-6H2,1-4H3,(H,12,15)(H,13,14). The van der Waals surface area contributed by atoms with Crippen molar-refractivity contribution in [2.45, 2.75) is 32.4 Å². The SMILES string of the molecule is CCNC(C)(C)C(=O)NC(COC)C(=O)O. The largest absolute Gasteiger partial charge is 0.480 e. The molecule has 1 amide bonds. The summed E-state index contributed by atoms with van der Waals surface area (Å²) in [5.41, 5.74) is -0.795. The Morgan fingerprint density at radius 1 is 1.44 bits per heavy atom. The summed E-state index contributed by atoms with van der Waals surface area (Å²) in [6, 6.07) is -1.02. The molecule has 0 fully saturated rings. The molecule has 94 valence electrons. The number of likely N-dealkylation sites (N-methyl/N-ethyl adjacent to an activating group) is 1. The third-order valence-corrected chi connectivity index (χ3v) is 2.12. The zero-order valence-electron chi connectivity index (χ0n) is 10.2. The van der Waals surface area contributed by atoms with Crippen molar-refractivity contribution >= 4 is 11.9 Å². The highest BCUT2D eigenvalue weighted by atomic mass is 16.5. The first-order valence-corrected chi connectivity index (χ1v) is 5.13. The van der Waals surface area contributed by atoms with Gasteiger partial charge in [0.05, 0.1) is 12.1 Å². The Morgan fingerprint density at radius 2 is 2.00 bits per heavy atom. The molecule has 0 aliphatic carbocycles. The number of aliphatic carboxylic acids is 1. The maximum absolute atomic E-state index is 11.8. The summed E-state index contributed by atoms with van der Waals surface area (Å²) in [4.78, 5) is 22.5. The molecule has 0 aromatic rings. The molecule has 0 aliphatic heterocycles. The molecule has 6 heteroatoms. The van der Waals surface area contributed by atoms with E-state index in [0.717, 1.165) is 0 Å². The van der Waals surface area contributed by atoms with E-state index in [0.29, 0.717) is 6.54 Å². The van der Waals surface area contributed by atoms with E-state index in [1.165, 1.54) is 7.11 Å². The third-order valence-electron chi connectivity index (χ3n) is 2.12. The van der Waals surface area contributed by atoms with E-state index in [2.05, 4.69) is 10.6 Å². The Morgan fingerprint density at radius 3 is 2.38 bits per heavy atom. The van der Waals surface area contributed by atoms with Crippen LogP contribution < -0.4 is 10.6 Å². The Bertz CT molecular complexity index is 253. The van der Waals surface area contributed by atoms with Crippen LogP contribution in [0.4, 0.5) is 0 Å². The zero-order valence-corrected chi connectivity index (χ0v) is 10.2. The van der Waals surface area contributed by atoms with E-state index < -0.39 is 17.6 Å². The number of nitrogens with one attached hydrogen (secondary N) is 2.